The first-order chi connectivity index (χ1) is 9.86. The summed E-state index contributed by atoms with van der Waals surface area (Å²) in [6, 6.07) is 7.75. The van der Waals surface area contributed by atoms with Gasteiger partial charge in [-0.25, -0.2) is 8.78 Å². The summed E-state index contributed by atoms with van der Waals surface area (Å²) in [7, 11) is 0. The molecule has 2 aromatic rings. The van der Waals surface area contributed by atoms with E-state index in [9.17, 15) is 13.6 Å². The molecule has 0 radical (unpaired) electrons. The predicted molar refractivity (Wildman–Crippen MR) is 82.3 cm³/mol. The molecule has 0 aliphatic heterocycles. The normalized spacial score (nSPS) is 10.5. The monoisotopic (exact) mass is 353 g/mol. The highest BCUT2D eigenvalue weighted by Gasteiger charge is 2.12. The van der Waals surface area contributed by atoms with Crippen LogP contribution in [0.15, 0.2) is 34.8 Å². The Morgan fingerprint density at radius 2 is 1.86 bits per heavy atom. The number of aryl methyl sites for hydroxylation is 2. The van der Waals surface area contributed by atoms with E-state index in [4.69, 9.17) is 0 Å². The summed E-state index contributed by atoms with van der Waals surface area (Å²) in [6.45, 7) is 3.84. The number of carbonyl (C=O) groups excluding carboxylic acids is 1. The molecule has 0 aromatic heterocycles. The maximum Gasteiger partial charge on any atom is 0.228 e. The molecule has 2 aromatic carbocycles. The minimum atomic E-state index is -0.683. The number of benzene rings is 2. The Morgan fingerprint density at radius 1 is 1.14 bits per heavy atom. The molecule has 0 heterocycles. The third-order valence-corrected chi connectivity index (χ3v) is 3.75. The van der Waals surface area contributed by atoms with Gasteiger partial charge in [0.15, 0.2) is 0 Å². The van der Waals surface area contributed by atoms with Crippen LogP contribution in [0.5, 0.6) is 0 Å². The zero-order valence-corrected chi connectivity index (χ0v) is 13.2. The van der Waals surface area contributed by atoms with Crippen LogP contribution < -0.4 is 5.32 Å². The van der Waals surface area contributed by atoms with Crippen LogP contribution in [0.3, 0.4) is 0 Å². The first-order valence-corrected chi connectivity index (χ1v) is 7.16. The summed E-state index contributed by atoms with van der Waals surface area (Å²) in [6.07, 6.45) is 0.116. The van der Waals surface area contributed by atoms with Gasteiger partial charge in [-0.1, -0.05) is 23.8 Å². The van der Waals surface area contributed by atoms with E-state index in [2.05, 4.69) is 21.2 Å². The summed E-state index contributed by atoms with van der Waals surface area (Å²) >= 11 is 2.89. The molecular weight excluding hydrogens is 340 g/mol. The number of rotatable bonds is 3. The van der Waals surface area contributed by atoms with Crippen LogP contribution in [-0.2, 0) is 11.2 Å². The van der Waals surface area contributed by atoms with Crippen molar-refractivity contribution in [3.05, 3.63) is 63.1 Å². The molecule has 0 unspecified atom stereocenters. The summed E-state index contributed by atoms with van der Waals surface area (Å²) in [5.74, 6) is -1.69. The Balaban J connectivity index is 2.15. The predicted octanol–water partition coefficient (Wildman–Crippen LogP) is 4.53. The molecule has 0 atom stereocenters. The van der Waals surface area contributed by atoms with Gasteiger partial charge in [-0.05, 0) is 47.0 Å². The van der Waals surface area contributed by atoms with E-state index in [1.165, 1.54) is 0 Å². The second-order valence-electron chi connectivity index (χ2n) is 4.90. The third kappa shape index (κ3) is 3.88. The highest BCUT2D eigenvalue weighted by molar-refractivity contribution is 9.10. The lowest BCUT2D eigenvalue weighted by Crippen LogP contribution is -2.16. The first-order valence-electron chi connectivity index (χ1n) is 6.37. The molecule has 5 heteroatoms. The van der Waals surface area contributed by atoms with Gasteiger partial charge in [0.05, 0.1) is 16.6 Å². The van der Waals surface area contributed by atoms with E-state index in [-0.39, 0.29) is 22.5 Å². The maximum absolute atomic E-state index is 13.7. The van der Waals surface area contributed by atoms with Crippen molar-refractivity contribution in [2.24, 2.45) is 0 Å². The number of hydrogen-bond acceptors (Lipinski definition) is 1. The Bertz CT molecular complexity index is 701. The van der Waals surface area contributed by atoms with Crippen molar-refractivity contribution in [3.63, 3.8) is 0 Å². The number of halogens is 3. The average Bonchev–Trinajstić information content (AvgIpc) is 2.40. The highest BCUT2D eigenvalue weighted by Crippen LogP contribution is 2.23. The fourth-order valence-corrected chi connectivity index (χ4v) is 2.29. The molecule has 0 fully saturated rings. The maximum atomic E-state index is 13.7. The van der Waals surface area contributed by atoms with Crippen LogP contribution >= 0.6 is 15.9 Å². The fourth-order valence-electron chi connectivity index (χ4n) is 1.98. The Kier molecular flexibility index (Phi) is 4.73. The van der Waals surface area contributed by atoms with Crippen LogP contribution in [-0.4, -0.2) is 5.91 Å². The van der Waals surface area contributed by atoms with Crippen molar-refractivity contribution in [2.75, 3.05) is 5.32 Å². The molecule has 21 heavy (non-hydrogen) atoms. The van der Waals surface area contributed by atoms with E-state index in [1.807, 2.05) is 32.0 Å². The molecule has 1 N–H and O–H groups in total. The fraction of sp³-hybridized carbons (Fsp3) is 0.188. The van der Waals surface area contributed by atoms with E-state index in [1.54, 1.807) is 0 Å². The van der Waals surface area contributed by atoms with Crippen molar-refractivity contribution < 1.29 is 13.6 Å². The average molecular weight is 354 g/mol. The SMILES string of the molecule is Cc1ccc(C)c(CC(=O)Nc2cc(F)c(Br)cc2F)c1. The molecule has 0 saturated heterocycles. The number of nitrogens with one attached hydrogen (secondary N) is 1. The van der Waals surface area contributed by atoms with E-state index in [0.717, 1.165) is 28.8 Å². The smallest absolute Gasteiger partial charge is 0.228 e. The van der Waals surface area contributed by atoms with Crippen LogP contribution in [0.1, 0.15) is 16.7 Å². The molecule has 2 nitrogen and oxygen atoms in total. The molecule has 0 bridgehead atoms. The molecular formula is C16H14BrF2NO. The quantitative estimate of drug-likeness (QED) is 0.807. The number of amides is 1. The molecule has 0 aliphatic rings. The minimum absolute atomic E-state index is 0.0209. The Morgan fingerprint density at radius 3 is 2.57 bits per heavy atom. The second kappa shape index (κ2) is 6.35. The number of carbonyl (C=O) groups is 1. The lowest BCUT2D eigenvalue weighted by molar-refractivity contribution is -0.115. The summed E-state index contributed by atoms with van der Waals surface area (Å²) in [4.78, 5) is 12.0. The van der Waals surface area contributed by atoms with Gasteiger partial charge < -0.3 is 5.32 Å². The number of hydrogen-bond donors (Lipinski definition) is 1. The molecule has 110 valence electrons. The van der Waals surface area contributed by atoms with Gasteiger partial charge in [-0.3, -0.25) is 4.79 Å². The summed E-state index contributed by atoms with van der Waals surface area (Å²) in [5.41, 5.74) is 2.74. The van der Waals surface area contributed by atoms with Gasteiger partial charge in [-0.2, -0.15) is 0 Å². The second-order valence-corrected chi connectivity index (χ2v) is 5.76. The van der Waals surface area contributed by atoms with Gasteiger partial charge in [0.2, 0.25) is 5.91 Å². The molecule has 2 rings (SSSR count). The standard InChI is InChI=1S/C16H14BrF2NO/c1-9-3-4-10(2)11(5-9)6-16(21)20-15-8-13(18)12(17)7-14(15)19/h3-5,7-8H,6H2,1-2H3,(H,20,21). The van der Waals surface area contributed by atoms with Gasteiger partial charge in [0.1, 0.15) is 11.6 Å². The van der Waals surface area contributed by atoms with Crippen molar-refractivity contribution in [1.82, 2.24) is 0 Å². The largest absolute Gasteiger partial charge is 0.323 e. The lowest BCUT2D eigenvalue weighted by Gasteiger charge is -2.09. The zero-order valence-electron chi connectivity index (χ0n) is 11.6. The van der Waals surface area contributed by atoms with Crippen LogP contribution in [0.4, 0.5) is 14.5 Å². The molecule has 0 aliphatic carbocycles. The Labute approximate surface area is 130 Å². The van der Waals surface area contributed by atoms with Crippen LogP contribution in [0.2, 0.25) is 0 Å². The van der Waals surface area contributed by atoms with Crippen LogP contribution in [0, 0.1) is 25.5 Å². The van der Waals surface area contributed by atoms with Gasteiger partial charge in [-0.15, -0.1) is 0 Å². The molecule has 0 saturated carbocycles. The van der Waals surface area contributed by atoms with Crippen molar-refractivity contribution >= 4 is 27.5 Å². The van der Waals surface area contributed by atoms with Gasteiger partial charge >= 0.3 is 0 Å². The van der Waals surface area contributed by atoms with Gasteiger partial charge in [0.25, 0.3) is 0 Å². The molecule has 0 spiro atoms. The summed E-state index contributed by atoms with van der Waals surface area (Å²) in [5, 5.41) is 2.40. The van der Waals surface area contributed by atoms with E-state index in [0.29, 0.717) is 0 Å². The van der Waals surface area contributed by atoms with Crippen molar-refractivity contribution in [3.8, 4) is 0 Å². The highest BCUT2D eigenvalue weighted by atomic mass is 79.9. The third-order valence-electron chi connectivity index (χ3n) is 3.14. The Hall–Kier alpha value is -1.75. The molecule has 1 amide bonds. The van der Waals surface area contributed by atoms with E-state index >= 15 is 0 Å². The summed E-state index contributed by atoms with van der Waals surface area (Å²) < 4.78 is 27.1. The topological polar surface area (TPSA) is 29.1 Å². The van der Waals surface area contributed by atoms with E-state index < -0.39 is 11.6 Å². The first kappa shape index (κ1) is 15.6. The minimum Gasteiger partial charge on any atom is -0.323 e. The van der Waals surface area contributed by atoms with Gasteiger partial charge in [0, 0.05) is 6.07 Å². The lowest BCUT2D eigenvalue weighted by atomic mass is 10.0. The van der Waals surface area contributed by atoms with Crippen molar-refractivity contribution in [1.29, 1.82) is 0 Å². The van der Waals surface area contributed by atoms with Crippen molar-refractivity contribution in [2.45, 2.75) is 20.3 Å². The zero-order chi connectivity index (χ0) is 15.6. The van der Waals surface area contributed by atoms with Crippen LogP contribution in [0.25, 0.3) is 0 Å². The number of anilines is 1.